The number of Topliss-reactive ketones (excluding diaryl/α,β-unsaturated/α-hetero) is 1. The third-order valence-corrected chi connectivity index (χ3v) is 5.43. The summed E-state index contributed by atoms with van der Waals surface area (Å²) < 4.78 is 28.7. The van der Waals surface area contributed by atoms with Crippen LogP contribution in [0.4, 0.5) is 0 Å². The van der Waals surface area contributed by atoms with E-state index in [0.29, 0.717) is 18.7 Å². The molecule has 1 aromatic carbocycles. The Kier molecular flexibility index (Phi) is 3.38. The maximum atomic E-state index is 12.7. The predicted molar refractivity (Wildman–Crippen MR) is 76.3 cm³/mol. The number of rotatable bonds is 3. The van der Waals surface area contributed by atoms with Gasteiger partial charge in [0.05, 0.1) is 11.4 Å². The average molecular weight is 305 g/mol. The minimum Gasteiger partial charge on any atom is -0.333 e. The van der Waals surface area contributed by atoms with Gasteiger partial charge in [0.1, 0.15) is 5.82 Å². The van der Waals surface area contributed by atoms with Gasteiger partial charge in [-0.25, -0.2) is 13.4 Å². The average Bonchev–Trinajstić information content (AvgIpc) is 2.94. The molecule has 0 aliphatic carbocycles. The molecule has 0 unspecified atom stereocenters. The van der Waals surface area contributed by atoms with Gasteiger partial charge in [0.25, 0.3) is 0 Å². The number of fused-ring (bicyclic) bond motifs is 1. The Bertz CT molecular complexity index is 795. The van der Waals surface area contributed by atoms with Gasteiger partial charge in [0, 0.05) is 31.0 Å². The van der Waals surface area contributed by atoms with Crippen molar-refractivity contribution in [2.24, 2.45) is 0 Å². The number of hydrogen-bond acceptors (Lipinski definition) is 4. The van der Waals surface area contributed by atoms with Gasteiger partial charge < -0.3 is 4.57 Å². The van der Waals surface area contributed by atoms with Crippen LogP contribution >= 0.6 is 0 Å². The van der Waals surface area contributed by atoms with Crippen LogP contribution in [-0.2, 0) is 23.1 Å². The first kappa shape index (κ1) is 14.0. The van der Waals surface area contributed by atoms with E-state index < -0.39 is 10.0 Å². The molecule has 0 saturated carbocycles. The molecule has 0 radical (unpaired) electrons. The fraction of sp³-hybridized carbons (Fsp3) is 0.286. The van der Waals surface area contributed by atoms with Crippen molar-refractivity contribution in [3.63, 3.8) is 0 Å². The molecule has 0 spiro atoms. The van der Waals surface area contributed by atoms with Gasteiger partial charge in [0.15, 0.2) is 5.78 Å². The number of hydrogen-bond donors (Lipinski definition) is 0. The number of carbonyl (C=O) groups is 1. The predicted octanol–water partition coefficient (Wildman–Crippen LogP) is 1.29. The van der Waals surface area contributed by atoms with Crippen molar-refractivity contribution in [3.8, 4) is 0 Å². The van der Waals surface area contributed by atoms with E-state index in [-0.39, 0.29) is 17.2 Å². The molecule has 1 aromatic heterocycles. The zero-order valence-corrected chi connectivity index (χ0v) is 12.4. The second kappa shape index (κ2) is 5.09. The molecule has 0 fully saturated rings. The monoisotopic (exact) mass is 305 g/mol. The second-order valence-corrected chi connectivity index (χ2v) is 6.90. The van der Waals surface area contributed by atoms with Gasteiger partial charge in [-0.2, -0.15) is 4.31 Å². The fourth-order valence-corrected chi connectivity index (χ4v) is 3.81. The summed E-state index contributed by atoms with van der Waals surface area (Å²) in [5.74, 6) is 0.578. The zero-order valence-electron chi connectivity index (χ0n) is 11.6. The van der Waals surface area contributed by atoms with Crippen LogP contribution in [0.1, 0.15) is 23.1 Å². The van der Waals surface area contributed by atoms with Crippen LogP contribution < -0.4 is 0 Å². The molecule has 1 aliphatic heterocycles. The van der Waals surface area contributed by atoms with Gasteiger partial charge in [0.2, 0.25) is 10.0 Å². The molecule has 0 amide bonds. The maximum Gasteiger partial charge on any atom is 0.243 e. The molecule has 1 aliphatic rings. The number of benzene rings is 1. The van der Waals surface area contributed by atoms with E-state index in [9.17, 15) is 13.2 Å². The molecule has 7 heteroatoms. The standard InChI is InChI=1S/C14H15N3O3S/c1-11(18)12-3-2-4-13(9-12)21(19,20)17-8-7-16-6-5-15-14(16)10-17/h2-6,9H,7-8,10H2,1H3. The number of aromatic nitrogens is 2. The number of imidazole rings is 1. The number of carbonyl (C=O) groups excluding carboxylic acids is 1. The van der Waals surface area contributed by atoms with Crippen molar-refractivity contribution in [2.75, 3.05) is 6.54 Å². The number of nitrogens with zero attached hydrogens (tertiary/aromatic N) is 3. The minimum absolute atomic E-state index is 0.148. The van der Waals surface area contributed by atoms with Crippen molar-refractivity contribution in [1.29, 1.82) is 0 Å². The molecule has 0 saturated heterocycles. The first-order valence-corrected chi connectivity index (χ1v) is 8.03. The zero-order chi connectivity index (χ0) is 15.0. The fourth-order valence-electron chi connectivity index (χ4n) is 2.38. The lowest BCUT2D eigenvalue weighted by Gasteiger charge is -2.27. The molecule has 0 N–H and O–H groups in total. The summed E-state index contributed by atoms with van der Waals surface area (Å²) in [6.45, 7) is 2.65. The maximum absolute atomic E-state index is 12.7. The van der Waals surface area contributed by atoms with E-state index in [1.807, 2.05) is 10.8 Å². The molecule has 2 heterocycles. The highest BCUT2D eigenvalue weighted by atomic mass is 32.2. The second-order valence-electron chi connectivity index (χ2n) is 4.96. The molecule has 21 heavy (non-hydrogen) atoms. The highest BCUT2D eigenvalue weighted by Gasteiger charge is 2.29. The Labute approximate surface area is 123 Å². The van der Waals surface area contributed by atoms with Crippen molar-refractivity contribution >= 4 is 15.8 Å². The smallest absolute Gasteiger partial charge is 0.243 e. The molecule has 110 valence electrons. The van der Waals surface area contributed by atoms with Gasteiger partial charge >= 0.3 is 0 Å². The van der Waals surface area contributed by atoms with Crippen molar-refractivity contribution in [1.82, 2.24) is 13.9 Å². The summed E-state index contributed by atoms with van der Waals surface area (Å²) in [5, 5.41) is 0. The van der Waals surface area contributed by atoms with E-state index in [1.54, 1.807) is 18.3 Å². The van der Waals surface area contributed by atoms with E-state index in [2.05, 4.69) is 4.98 Å². The van der Waals surface area contributed by atoms with E-state index in [1.165, 1.54) is 23.4 Å². The third-order valence-electron chi connectivity index (χ3n) is 3.59. The molecule has 2 aromatic rings. The van der Waals surface area contributed by atoms with Crippen molar-refractivity contribution in [2.45, 2.75) is 24.9 Å². The van der Waals surface area contributed by atoms with Crippen LogP contribution in [-0.4, -0.2) is 34.6 Å². The molecule has 3 rings (SSSR count). The van der Waals surface area contributed by atoms with Crippen LogP contribution in [0.15, 0.2) is 41.6 Å². The summed E-state index contributed by atoms with van der Waals surface area (Å²) >= 11 is 0. The largest absolute Gasteiger partial charge is 0.333 e. The molecular formula is C14H15N3O3S. The van der Waals surface area contributed by atoms with Crippen LogP contribution in [0.2, 0.25) is 0 Å². The summed E-state index contributed by atoms with van der Waals surface area (Å²) in [6.07, 6.45) is 3.51. The van der Waals surface area contributed by atoms with Crippen LogP contribution in [0.5, 0.6) is 0 Å². The van der Waals surface area contributed by atoms with E-state index in [0.717, 1.165) is 5.82 Å². The lowest BCUT2D eigenvalue weighted by atomic mass is 10.2. The third kappa shape index (κ3) is 2.50. The summed E-state index contributed by atoms with van der Waals surface area (Å²) in [6, 6.07) is 6.15. The lowest BCUT2D eigenvalue weighted by Crippen LogP contribution is -2.38. The highest BCUT2D eigenvalue weighted by Crippen LogP contribution is 2.21. The van der Waals surface area contributed by atoms with Gasteiger partial charge in [-0.15, -0.1) is 0 Å². The number of ketones is 1. The lowest BCUT2D eigenvalue weighted by molar-refractivity contribution is 0.101. The van der Waals surface area contributed by atoms with Gasteiger partial charge in [-0.1, -0.05) is 12.1 Å². The topological polar surface area (TPSA) is 72.3 Å². The quantitative estimate of drug-likeness (QED) is 0.801. The van der Waals surface area contributed by atoms with Gasteiger partial charge in [-0.3, -0.25) is 4.79 Å². The normalized spacial score (nSPS) is 15.7. The van der Waals surface area contributed by atoms with E-state index in [4.69, 9.17) is 0 Å². The van der Waals surface area contributed by atoms with Crippen LogP contribution in [0, 0.1) is 0 Å². The highest BCUT2D eigenvalue weighted by molar-refractivity contribution is 7.89. The SMILES string of the molecule is CC(=O)c1cccc(S(=O)(=O)N2CCn3ccnc3C2)c1. The van der Waals surface area contributed by atoms with E-state index >= 15 is 0 Å². The number of sulfonamides is 1. The molecule has 6 nitrogen and oxygen atoms in total. The minimum atomic E-state index is -3.61. The molecule has 0 bridgehead atoms. The Morgan fingerprint density at radius 2 is 2.10 bits per heavy atom. The van der Waals surface area contributed by atoms with Crippen LogP contribution in [0.25, 0.3) is 0 Å². The van der Waals surface area contributed by atoms with Crippen molar-refractivity contribution in [3.05, 3.63) is 48.0 Å². The Balaban J connectivity index is 1.94. The van der Waals surface area contributed by atoms with Crippen LogP contribution in [0.3, 0.4) is 0 Å². The first-order chi connectivity index (χ1) is 9.98. The molecular weight excluding hydrogens is 290 g/mol. The van der Waals surface area contributed by atoms with Crippen molar-refractivity contribution < 1.29 is 13.2 Å². The van der Waals surface area contributed by atoms with Gasteiger partial charge in [-0.05, 0) is 19.1 Å². The Morgan fingerprint density at radius 3 is 2.86 bits per heavy atom. The Hall–Kier alpha value is -1.99. The first-order valence-electron chi connectivity index (χ1n) is 6.59. The Morgan fingerprint density at radius 1 is 1.29 bits per heavy atom. The molecule has 0 atom stereocenters. The summed E-state index contributed by atoms with van der Waals surface area (Å²) in [7, 11) is -3.61. The summed E-state index contributed by atoms with van der Waals surface area (Å²) in [4.78, 5) is 15.7. The summed E-state index contributed by atoms with van der Waals surface area (Å²) in [5.41, 5.74) is 0.398.